The summed E-state index contributed by atoms with van der Waals surface area (Å²) in [7, 11) is 0. The molecule has 2 heterocycles. The minimum atomic E-state index is -0.443. The van der Waals surface area contributed by atoms with E-state index in [1.165, 1.54) is 0 Å². The van der Waals surface area contributed by atoms with Crippen LogP contribution in [0.1, 0.15) is 23.3 Å². The maximum Gasteiger partial charge on any atom is 0.0916 e. The van der Waals surface area contributed by atoms with Crippen molar-refractivity contribution in [1.29, 1.82) is 0 Å². The van der Waals surface area contributed by atoms with Gasteiger partial charge in [-0.3, -0.25) is 19.6 Å². The highest BCUT2D eigenvalue weighted by molar-refractivity contribution is 5.18. The molecule has 0 spiro atoms. The Morgan fingerprint density at radius 2 is 0.812 bits per heavy atom. The van der Waals surface area contributed by atoms with E-state index in [9.17, 15) is 10.2 Å². The molecule has 2 aliphatic heterocycles. The molecule has 32 heavy (non-hydrogen) atoms. The molecule has 0 saturated carbocycles. The second kappa shape index (κ2) is 11.9. The first-order valence-electron chi connectivity index (χ1n) is 12.0. The molecule has 2 saturated heterocycles. The Labute approximate surface area is 192 Å². The number of hydrogen-bond acceptors (Lipinski definition) is 6. The van der Waals surface area contributed by atoms with Crippen molar-refractivity contribution in [2.75, 3.05) is 78.5 Å². The van der Waals surface area contributed by atoms with E-state index in [-0.39, 0.29) is 0 Å². The first kappa shape index (κ1) is 23.4. The van der Waals surface area contributed by atoms with Crippen LogP contribution in [-0.2, 0) is 0 Å². The lowest BCUT2D eigenvalue weighted by molar-refractivity contribution is 0.0877. The molecule has 0 aromatic heterocycles. The molecule has 2 aromatic carbocycles. The van der Waals surface area contributed by atoms with Crippen LogP contribution in [0.15, 0.2) is 60.7 Å². The number of benzene rings is 2. The summed E-state index contributed by atoms with van der Waals surface area (Å²) in [5.74, 6) is 0. The van der Waals surface area contributed by atoms with Crippen LogP contribution < -0.4 is 0 Å². The van der Waals surface area contributed by atoms with E-state index in [1.54, 1.807) is 0 Å². The van der Waals surface area contributed by atoms with Crippen molar-refractivity contribution in [3.05, 3.63) is 71.8 Å². The van der Waals surface area contributed by atoms with Gasteiger partial charge in [0.1, 0.15) is 0 Å². The molecule has 2 aliphatic rings. The first-order valence-corrected chi connectivity index (χ1v) is 12.0. The number of fused-ring (bicyclic) bond motifs is 3. The SMILES string of the molecule is OC(CN1CCN2CCN(CC1)CCN(CC(O)c1ccccc1)CC2)c1ccccc1. The van der Waals surface area contributed by atoms with E-state index in [0.29, 0.717) is 13.1 Å². The summed E-state index contributed by atoms with van der Waals surface area (Å²) < 4.78 is 0. The average Bonchev–Trinajstić information content (AvgIpc) is 2.99. The lowest BCUT2D eigenvalue weighted by Gasteiger charge is -2.31. The molecule has 2 fully saturated rings. The van der Waals surface area contributed by atoms with Gasteiger partial charge < -0.3 is 10.2 Å². The number of β-amino-alcohol motifs (C(OH)–C–C–N with tert-alkyl or cyclic N) is 2. The Hall–Kier alpha value is -1.80. The monoisotopic (exact) mass is 438 g/mol. The van der Waals surface area contributed by atoms with Crippen molar-refractivity contribution in [3.63, 3.8) is 0 Å². The van der Waals surface area contributed by atoms with Crippen LogP contribution in [0, 0.1) is 0 Å². The Balaban J connectivity index is 1.34. The minimum absolute atomic E-state index is 0.443. The van der Waals surface area contributed by atoms with Gasteiger partial charge in [-0.05, 0) is 11.1 Å². The fourth-order valence-electron chi connectivity index (χ4n) is 4.72. The number of rotatable bonds is 6. The van der Waals surface area contributed by atoms with Gasteiger partial charge in [-0.25, -0.2) is 0 Å². The summed E-state index contributed by atoms with van der Waals surface area (Å²) in [5.41, 5.74) is 1.99. The van der Waals surface area contributed by atoms with E-state index < -0.39 is 12.2 Å². The van der Waals surface area contributed by atoms with Crippen LogP contribution in [0.5, 0.6) is 0 Å². The van der Waals surface area contributed by atoms with Gasteiger partial charge in [0.15, 0.2) is 0 Å². The predicted octanol–water partition coefficient (Wildman–Crippen LogP) is 1.69. The van der Waals surface area contributed by atoms with Gasteiger partial charge in [-0.1, -0.05) is 60.7 Å². The summed E-state index contributed by atoms with van der Waals surface area (Å²) in [5, 5.41) is 21.4. The molecule has 0 radical (unpaired) electrons. The fourth-order valence-corrected chi connectivity index (χ4v) is 4.72. The quantitative estimate of drug-likeness (QED) is 0.716. The second-order valence-electron chi connectivity index (χ2n) is 9.14. The smallest absolute Gasteiger partial charge is 0.0916 e. The number of aliphatic hydroxyl groups excluding tert-OH is 2. The van der Waals surface area contributed by atoms with Gasteiger partial charge in [0.2, 0.25) is 0 Å². The largest absolute Gasteiger partial charge is 0.387 e. The summed E-state index contributed by atoms with van der Waals surface area (Å²) in [4.78, 5) is 9.93. The van der Waals surface area contributed by atoms with Gasteiger partial charge in [0, 0.05) is 78.5 Å². The third kappa shape index (κ3) is 6.85. The molecule has 6 heteroatoms. The zero-order valence-electron chi connectivity index (χ0n) is 19.1. The Morgan fingerprint density at radius 3 is 1.16 bits per heavy atom. The van der Waals surface area contributed by atoms with E-state index in [1.807, 2.05) is 60.7 Å². The highest BCUT2D eigenvalue weighted by Gasteiger charge is 2.22. The van der Waals surface area contributed by atoms with Crippen molar-refractivity contribution in [2.45, 2.75) is 12.2 Å². The van der Waals surface area contributed by atoms with E-state index >= 15 is 0 Å². The Bertz CT molecular complexity index is 707. The lowest BCUT2D eigenvalue weighted by atomic mass is 10.1. The van der Waals surface area contributed by atoms with Crippen LogP contribution in [0.25, 0.3) is 0 Å². The van der Waals surface area contributed by atoms with E-state index in [0.717, 1.165) is 76.6 Å². The van der Waals surface area contributed by atoms with Crippen LogP contribution >= 0.6 is 0 Å². The zero-order chi connectivity index (χ0) is 22.2. The molecular formula is C26H38N4O2. The molecule has 174 valence electrons. The standard InChI is InChI=1S/C26H38N4O2/c31-25(23-7-3-1-4-8-23)21-29-17-13-27-11-12-28(14-18-29)16-20-30(19-15-27)22-26(32)24-9-5-2-6-10-24/h1-10,25-26,31-32H,11-22H2. The van der Waals surface area contributed by atoms with E-state index in [4.69, 9.17) is 0 Å². The number of hydrogen-bond donors (Lipinski definition) is 2. The average molecular weight is 439 g/mol. The molecule has 0 amide bonds. The van der Waals surface area contributed by atoms with Crippen molar-refractivity contribution in [3.8, 4) is 0 Å². The molecule has 2 bridgehead atoms. The molecular weight excluding hydrogens is 400 g/mol. The molecule has 2 atom stereocenters. The Morgan fingerprint density at radius 1 is 0.500 bits per heavy atom. The molecule has 0 aliphatic carbocycles. The molecule has 2 aromatic rings. The van der Waals surface area contributed by atoms with Crippen LogP contribution in [0.3, 0.4) is 0 Å². The molecule has 4 rings (SSSR count). The maximum absolute atomic E-state index is 10.7. The third-order valence-electron chi connectivity index (χ3n) is 6.89. The van der Waals surface area contributed by atoms with Gasteiger partial charge in [0.05, 0.1) is 12.2 Å². The summed E-state index contributed by atoms with van der Waals surface area (Å²) in [6, 6.07) is 20.0. The fraction of sp³-hybridized carbons (Fsp3) is 0.538. The maximum atomic E-state index is 10.7. The van der Waals surface area contributed by atoms with Crippen molar-refractivity contribution in [2.24, 2.45) is 0 Å². The summed E-state index contributed by atoms with van der Waals surface area (Å²) >= 11 is 0. The lowest BCUT2D eigenvalue weighted by Crippen LogP contribution is -2.43. The first-order chi connectivity index (χ1) is 15.7. The topological polar surface area (TPSA) is 53.4 Å². The van der Waals surface area contributed by atoms with Crippen LogP contribution in [0.4, 0.5) is 0 Å². The number of aliphatic hydroxyl groups is 2. The normalized spacial score (nSPS) is 25.6. The zero-order valence-corrected chi connectivity index (χ0v) is 19.1. The van der Waals surface area contributed by atoms with Gasteiger partial charge in [-0.2, -0.15) is 0 Å². The molecule has 2 unspecified atom stereocenters. The van der Waals surface area contributed by atoms with E-state index in [2.05, 4.69) is 19.6 Å². The second-order valence-corrected chi connectivity index (χ2v) is 9.14. The number of nitrogens with zero attached hydrogens (tertiary/aromatic N) is 4. The highest BCUT2D eigenvalue weighted by Crippen LogP contribution is 2.16. The van der Waals surface area contributed by atoms with Gasteiger partial charge in [-0.15, -0.1) is 0 Å². The minimum Gasteiger partial charge on any atom is -0.387 e. The summed E-state index contributed by atoms with van der Waals surface area (Å²) in [6.07, 6.45) is -0.886. The van der Waals surface area contributed by atoms with Gasteiger partial charge >= 0.3 is 0 Å². The van der Waals surface area contributed by atoms with Crippen molar-refractivity contribution >= 4 is 0 Å². The van der Waals surface area contributed by atoms with Crippen LogP contribution in [0.2, 0.25) is 0 Å². The summed E-state index contributed by atoms with van der Waals surface area (Å²) in [6.45, 7) is 11.5. The molecule has 2 N–H and O–H groups in total. The molecule has 6 nitrogen and oxygen atoms in total. The third-order valence-corrected chi connectivity index (χ3v) is 6.89. The predicted molar refractivity (Wildman–Crippen MR) is 129 cm³/mol. The van der Waals surface area contributed by atoms with Crippen LogP contribution in [-0.4, -0.2) is 108 Å². The van der Waals surface area contributed by atoms with Crippen molar-refractivity contribution < 1.29 is 10.2 Å². The van der Waals surface area contributed by atoms with Crippen molar-refractivity contribution in [1.82, 2.24) is 19.6 Å². The highest BCUT2D eigenvalue weighted by atomic mass is 16.3. The Kier molecular flexibility index (Phi) is 8.68. The van der Waals surface area contributed by atoms with Gasteiger partial charge in [0.25, 0.3) is 0 Å².